The molecule has 15 heteroatoms. The zero-order valence-corrected chi connectivity index (χ0v) is 20.7. The lowest BCUT2D eigenvalue weighted by Crippen LogP contribution is -2.46. The molecule has 4 aromatic rings. The van der Waals surface area contributed by atoms with Crippen LogP contribution < -0.4 is 10.1 Å². The molecule has 7 rings (SSSR count). The Bertz CT molecular complexity index is 1610. The predicted molar refractivity (Wildman–Crippen MR) is 129 cm³/mol. The maximum atomic E-state index is 15.7. The number of fused-ring (bicyclic) bond motifs is 5. The van der Waals surface area contributed by atoms with E-state index in [0.717, 1.165) is 27.7 Å². The van der Waals surface area contributed by atoms with Gasteiger partial charge in [-0.1, -0.05) is 24.3 Å². The number of nitrogens with one attached hydrogen (secondary N) is 2. The number of anilines is 1. The van der Waals surface area contributed by atoms with Crippen molar-refractivity contribution in [2.45, 2.75) is 50.4 Å². The number of benzene rings is 1. The van der Waals surface area contributed by atoms with Crippen LogP contribution in [0.3, 0.4) is 0 Å². The number of H-pyrrole nitrogens is 1. The number of aromatic nitrogens is 7. The van der Waals surface area contributed by atoms with Gasteiger partial charge in [0.05, 0.1) is 17.8 Å². The first kappa shape index (κ1) is 24.5. The van der Waals surface area contributed by atoms with Gasteiger partial charge in [0.2, 0.25) is 17.7 Å². The Morgan fingerprint density at radius 2 is 1.90 bits per heavy atom. The number of amides is 1. The number of aromatic amines is 1. The molecule has 0 radical (unpaired) electrons. The first-order chi connectivity index (χ1) is 19.2. The molecule has 11 nitrogen and oxygen atoms in total. The maximum Gasteiger partial charge on any atom is 0.467 e. The Morgan fingerprint density at radius 1 is 1.15 bits per heavy atom. The molecule has 1 amide bonds. The number of alkyl halides is 4. The Morgan fingerprint density at radius 3 is 2.65 bits per heavy atom. The smallest absolute Gasteiger partial charge is 0.426 e. The summed E-state index contributed by atoms with van der Waals surface area (Å²) in [5.74, 6) is -5.35. The molecular weight excluding hydrogens is 534 g/mol. The Hall–Kier alpha value is -4.56. The summed E-state index contributed by atoms with van der Waals surface area (Å²) in [6.45, 7) is 0.339. The minimum Gasteiger partial charge on any atom is -0.426 e. The number of halogens is 4. The van der Waals surface area contributed by atoms with E-state index in [1.54, 1.807) is 0 Å². The Labute approximate surface area is 223 Å². The molecule has 0 spiro atoms. The fraction of sp³-hybridized carbons (Fsp3) is 0.360. The van der Waals surface area contributed by atoms with Crippen molar-refractivity contribution in [3.05, 3.63) is 64.9 Å². The van der Waals surface area contributed by atoms with Crippen LogP contribution in [0.2, 0.25) is 0 Å². The van der Waals surface area contributed by atoms with Gasteiger partial charge in [0, 0.05) is 37.0 Å². The topological polar surface area (TPSA) is 127 Å². The number of carbonyl (C=O) groups excluding carboxylic acids is 1. The fourth-order valence-corrected chi connectivity index (χ4v) is 5.41. The maximum absolute atomic E-state index is 15.7. The minimum atomic E-state index is -5.46. The van der Waals surface area contributed by atoms with Crippen molar-refractivity contribution >= 4 is 11.9 Å². The van der Waals surface area contributed by atoms with Gasteiger partial charge < -0.3 is 15.0 Å². The van der Waals surface area contributed by atoms with Crippen LogP contribution >= 0.6 is 0 Å². The number of nitrogens with zero attached hydrogens (tertiary/aromatic N) is 7. The summed E-state index contributed by atoms with van der Waals surface area (Å²) in [7, 11) is 0. The van der Waals surface area contributed by atoms with E-state index in [1.807, 2.05) is 24.3 Å². The quantitative estimate of drug-likeness (QED) is 0.368. The third kappa shape index (κ3) is 3.95. The Balaban J connectivity index is 1.16. The van der Waals surface area contributed by atoms with Crippen LogP contribution in [-0.2, 0) is 43.0 Å². The molecule has 0 bridgehead atoms. The fourth-order valence-electron chi connectivity index (χ4n) is 5.41. The van der Waals surface area contributed by atoms with E-state index in [1.165, 1.54) is 11.1 Å². The first-order valence-electron chi connectivity index (χ1n) is 12.6. The van der Waals surface area contributed by atoms with E-state index >= 15 is 4.39 Å². The number of hydrogen-bond donors (Lipinski definition) is 2. The average molecular weight is 555 g/mol. The molecule has 2 aliphatic heterocycles. The zero-order valence-electron chi connectivity index (χ0n) is 20.7. The van der Waals surface area contributed by atoms with E-state index in [2.05, 4.69) is 35.8 Å². The second-order valence-electron chi connectivity index (χ2n) is 10.00. The van der Waals surface area contributed by atoms with Gasteiger partial charge in [0.15, 0.2) is 0 Å². The lowest BCUT2D eigenvalue weighted by molar-refractivity contribution is -0.313. The standard InChI is InChI=1S/C25H21F4N9O2/c26-24(25(27,28)29)21-16(9-30-23(32-21)31-15-7-13-3-1-2-4-14(13)8-15)17-10-38(35-22(17)40-24)12-20(39)37-6-5-18-19(11-37)34-36-33-18/h1-4,9-10,15H,5-8,11-12H2,(H,30,31,32)(H,33,34,36). The van der Waals surface area contributed by atoms with Crippen molar-refractivity contribution in [2.24, 2.45) is 0 Å². The van der Waals surface area contributed by atoms with Crippen molar-refractivity contribution in [3.8, 4) is 17.0 Å². The predicted octanol–water partition coefficient (Wildman–Crippen LogP) is 2.70. The van der Waals surface area contributed by atoms with Gasteiger partial charge in [0.1, 0.15) is 17.9 Å². The van der Waals surface area contributed by atoms with Gasteiger partial charge >= 0.3 is 12.0 Å². The summed E-state index contributed by atoms with van der Waals surface area (Å²) in [6, 6.07) is 7.64. The normalized spacial score (nSPS) is 19.9. The van der Waals surface area contributed by atoms with Crippen molar-refractivity contribution in [2.75, 3.05) is 11.9 Å². The average Bonchev–Trinajstić information content (AvgIpc) is 3.65. The molecule has 1 unspecified atom stereocenters. The van der Waals surface area contributed by atoms with Crippen molar-refractivity contribution in [1.29, 1.82) is 0 Å². The molecular formula is C25H21F4N9O2. The lowest BCUT2D eigenvalue weighted by atomic mass is 10.0. The summed E-state index contributed by atoms with van der Waals surface area (Å²) < 4.78 is 63.9. The van der Waals surface area contributed by atoms with E-state index in [-0.39, 0.29) is 42.1 Å². The number of ether oxygens (including phenoxy) is 1. The van der Waals surface area contributed by atoms with Gasteiger partial charge in [-0.2, -0.15) is 33.0 Å². The third-order valence-electron chi connectivity index (χ3n) is 7.41. The Kier molecular flexibility index (Phi) is 5.34. The molecule has 1 atom stereocenters. The second-order valence-corrected chi connectivity index (χ2v) is 10.00. The van der Waals surface area contributed by atoms with Gasteiger partial charge in [-0.15, -0.1) is 5.10 Å². The SMILES string of the molecule is O=C(Cn1cc2c(n1)OC(F)(C(F)(F)F)c1nc(NC3Cc4ccccc4C3)ncc1-2)N1CCc2n[nH]nc2C1. The lowest BCUT2D eigenvalue weighted by Gasteiger charge is -2.31. The van der Waals surface area contributed by atoms with Crippen LogP contribution in [0.4, 0.5) is 23.5 Å². The highest BCUT2D eigenvalue weighted by Crippen LogP contribution is 2.51. The summed E-state index contributed by atoms with van der Waals surface area (Å²) in [5.41, 5.74) is 2.53. The van der Waals surface area contributed by atoms with Crippen molar-refractivity contribution in [3.63, 3.8) is 0 Å². The van der Waals surface area contributed by atoms with Crippen LogP contribution in [0.5, 0.6) is 5.88 Å². The first-order valence-corrected chi connectivity index (χ1v) is 12.6. The molecule has 3 aliphatic rings. The number of carbonyl (C=O) groups is 1. The van der Waals surface area contributed by atoms with Crippen LogP contribution in [0, 0.1) is 0 Å². The molecule has 0 saturated carbocycles. The molecule has 0 fully saturated rings. The summed E-state index contributed by atoms with van der Waals surface area (Å²) in [6.07, 6.45) is -1.23. The van der Waals surface area contributed by atoms with Crippen LogP contribution in [0.25, 0.3) is 11.1 Å². The van der Waals surface area contributed by atoms with Crippen LogP contribution in [0.15, 0.2) is 36.7 Å². The molecule has 1 aromatic carbocycles. The molecule has 5 heterocycles. The van der Waals surface area contributed by atoms with E-state index in [9.17, 15) is 18.0 Å². The van der Waals surface area contributed by atoms with Gasteiger partial charge in [0.25, 0.3) is 0 Å². The van der Waals surface area contributed by atoms with Gasteiger partial charge in [-0.05, 0) is 24.0 Å². The number of rotatable bonds is 4. The van der Waals surface area contributed by atoms with E-state index in [4.69, 9.17) is 4.74 Å². The van der Waals surface area contributed by atoms with Crippen molar-refractivity contribution < 1.29 is 27.1 Å². The highest BCUT2D eigenvalue weighted by atomic mass is 19.4. The van der Waals surface area contributed by atoms with Gasteiger partial charge in [-0.25, -0.2) is 9.97 Å². The van der Waals surface area contributed by atoms with Crippen molar-refractivity contribution in [1.82, 2.24) is 40.1 Å². The molecule has 2 N–H and O–H groups in total. The highest BCUT2D eigenvalue weighted by molar-refractivity contribution is 5.77. The third-order valence-corrected chi connectivity index (χ3v) is 7.41. The number of hydrogen-bond acceptors (Lipinski definition) is 8. The molecule has 0 saturated heterocycles. The monoisotopic (exact) mass is 555 g/mol. The molecule has 40 heavy (non-hydrogen) atoms. The zero-order chi connectivity index (χ0) is 27.6. The summed E-state index contributed by atoms with van der Waals surface area (Å²) >= 11 is 0. The largest absolute Gasteiger partial charge is 0.467 e. The van der Waals surface area contributed by atoms with Crippen LogP contribution in [0.1, 0.15) is 28.2 Å². The van der Waals surface area contributed by atoms with E-state index in [0.29, 0.717) is 31.5 Å². The van der Waals surface area contributed by atoms with E-state index < -0.39 is 23.6 Å². The minimum absolute atomic E-state index is 0.0533. The second kappa shape index (κ2) is 8.72. The highest BCUT2D eigenvalue weighted by Gasteiger charge is 2.65. The summed E-state index contributed by atoms with van der Waals surface area (Å²) in [5, 5.41) is 17.6. The molecule has 1 aliphatic carbocycles. The summed E-state index contributed by atoms with van der Waals surface area (Å²) in [4.78, 5) is 22.6. The van der Waals surface area contributed by atoms with Crippen LogP contribution in [-0.4, -0.2) is 64.7 Å². The van der Waals surface area contributed by atoms with Gasteiger partial charge in [-0.3, -0.25) is 9.48 Å². The molecule has 206 valence electrons. The molecule has 3 aromatic heterocycles.